The molecule has 0 fully saturated rings. The van der Waals surface area contributed by atoms with Crippen molar-refractivity contribution in [3.8, 4) is 11.5 Å². The van der Waals surface area contributed by atoms with E-state index in [9.17, 15) is 0 Å². The molecule has 0 aromatic carbocycles. The number of nitrogens with one attached hydrogen (secondary N) is 1. The number of rotatable bonds is 2. The maximum atomic E-state index is 4.36. The van der Waals surface area contributed by atoms with E-state index in [2.05, 4.69) is 31.7 Å². The lowest BCUT2D eigenvalue weighted by Crippen LogP contribution is -2.05. The summed E-state index contributed by atoms with van der Waals surface area (Å²) in [7, 11) is 0. The van der Waals surface area contributed by atoms with Gasteiger partial charge in [-0.15, -0.1) is 10.2 Å². The third kappa shape index (κ3) is 1.83. The van der Waals surface area contributed by atoms with Crippen LogP contribution < -0.4 is 0 Å². The number of hydrogen-bond donors (Lipinski definition) is 1. The van der Waals surface area contributed by atoms with Crippen LogP contribution in [0.15, 0.2) is 6.33 Å². The zero-order valence-electron chi connectivity index (χ0n) is 11.0. The lowest BCUT2D eigenvalue weighted by atomic mass is 9.98. The number of H-pyrrole nitrogens is 1. The van der Waals surface area contributed by atoms with Crippen molar-refractivity contribution < 1.29 is 0 Å². The van der Waals surface area contributed by atoms with Gasteiger partial charge in [0.25, 0.3) is 0 Å². The molecule has 0 radical (unpaired) electrons. The van der Waals surface area contributed by atoms with Gasteiger partial charge in [0.15, 0.2) is 5.82 Å². The second-order valence-electron chi connectivity index (χ2n) is 5.07. The van der Waals surface area contributed by atoms with Gasteiger partial charge in [0.2, 0.25) is 0 Å². The minimum atomic E-state index is 0.819. The van der Waals surface area contributed by atoms with Crippen LogP contribution in [0.2, 0.25) is 0 Å². The fraction of sp³-hybridized carbons (Fsp3) is 0.615. The van der Waals surface area contributed by atoms with Crippen LogP contribution >= 0.6 is 0 Å². The largest absolute Gasteiger partial charge is 0.348 e. The molecule has 3 heterocycles. The van der Waals surface area contributed by atoms with E-state index in [-0.39, 0.29) is 0 Å². The van der Waals surface area contributed by atoms with Crippen LogP contribution in [-0.2, 0) is 13.0 Å². The maximum absolute atomic E-state index is 4.36. The quantitative estimate of drug-likeness (QED) is 0.883. The first kappa shape index (κ1) is 11.4. The summed E-state index contributed by atoms with van der Waals surface area (Å²) in [6, 6.07) is 0. The number of imidazole rings is 1. The summed E-state index contributed by atoms with van der Waals surface area (Å²) >= 11 is 0. The normalized spacial score (nSPS) is 19.6. The first-order chi connectivity index (χ1) is 8.79. The van der Waals surface area contributed by atoms with Gasteiger partial charge in [-0.05, 0) is 25.7 Å². The minimum Gasteiger partial charge on any atom is -0.348 e. The Kier molecular flexibility index (Phi) is 2.89. The Bertz CT molecular complexity index is 539. The summed E-state index contributed by atoms with van der Waals surface area (Å²) in [5.41, 5.74) is 1.99. The molecule has 1 N–H and O–H groups in total. The molecule has 0 amide bonds. The topological polar surface area (TPSA) is 59.4 Å². The number of aromatic nitrogens is 5. The number of aryl methyl sites for hydroxylation is 2. The highest BCUT2D eigenvalue weighted by Gasteiger charge is 2.21. The third-order valence-electron chi connectivity index (χ3n) is 3.98. The van der Waals surface area contributed by atoms with Crippen molar-refractivity contribution in [2.75, 3.05) is 0 Å². The molecule has 0 aliphatic carbocycles. The average Bonchev–Trinajstić information content (AvgIpc) is 2.90. The average molecular weight is 245 g/mol. The van der Waals surface area contributed by atoms with Gasteiger partial charge in [-0.3, -0.25) is 0 Å². The van der Waals surface area contributed by atoms with E-state index in [1.807, 2.05) is 6.92 Å². The molecule has 1 aliphatic rings. The zero-order valence-corrected chi connectivity index (χ0v) is 11.0. The molecular formula is C13H19N5. The second kappa shape index (κ2) is 4.55. The molecule has 1 aliphatic heterocycles. The molecule has 1 unspecified atom stereocenters. The fourth-order valence-electron chi connectivity index (χ4n) is 2.71. The van der Waals surface area contributed by atoms with Crippen LogP contribution in [0.3, 0.4) is 0 Å². The van der Waals surface area contributed by atoms with E-state index in [1.165, 1.54) is 19.3 Å². The number of nitrogens with zero attached hydrogens (tertiary/aromatic N) is 4. The minimum absolute atomic E-state index is 0.819. The molecule has 1 atom stereocenters. The van der Waals surface area contributed by atoms with E-state index in [0.717, 1.165) is 41.9 Å². The van der Waals surface area contributed by atoms with Crippen LogP contribution in [0.1, 0.15) is 37.7 Å². The maximum Gasteiger partial charge on any atom is 0.184 e. The lowest BCUT2D eigenvalue weighted by molar-refractivity contribution is 0.433. The Morgan fingerprint density at radius 2 is 2.28 bits per heavy atom. The Hall–Kier alpha value is -1.65. The Labute approximate surface area is 107 Å². The molecule has 0 saturated heterocycles. The second-order valence-corrected chi connectivity index (χ2v) is 5.07. The monoisotopic (exact) mass is 245 g/mol. The Morgan fingerprint density at radius 1 is 1.39 bits per heavy atom. The molecule has 0 saturated carbocycles. The van der Waals surface area contributed by atoms with Crippen LogP contribution in [0.4, 0.5) is 0 Å². The molecule has 18 heavy (non-hydrogen) atoms. The highest BCUT2D eigenvalue weighted by molar-refractivity contribution is 5.52. The molecule has 5 heteroatoms. The van der Waals surface area contributed by atoms with E-state index in [1.54, 1.807) is 6.33 Å². The third-order valence-corrected chi connectivity index (χ3v) is 3.98. The van der Waals surface area contributed by atoms with Crippen molar-refractivity contribution in [3.63, 3.8) is 0 Å². The van der Waals surface area contributed by atoms with Crippen molar-refractivity contribution in [3.05, 3.63) is 17.8 Å². The van der Waals surface area contributed by atoms with Gasteiger partial charge in [0.05, 0.1) is 6.33 Å². The highest BCUT2D eigenvalue weighted by Crippen LogP contribution is 2.26. The van der Waals surface area contributed by atoms with Gasteiger partial charge in [-0.2, -0.15) is 0 Å². The van der Waals surface area contributed by atoms with Gasteiger partial charge in [0.1, 0.15) is 11.5 Å². The molecule has 0 bridgehead atoms. The molecule has 0 spiro atoms. The molecule has 2 aromatic heterocycles. The first-order valence-electron chi connectivity index (χ1n) is 6.72. The zero-order chi connectivity index (χ0) is 12.5. The van der Waals surface area contributed by atoms with E-state index < -0.39 is 0 Å². The van der Waals surface area contributed by atoms with Crippen molar-refractivity contribution >= 4 is 0 Å². The Morgan fingerprint density at radius 3 is 3.00 bits per heavy atom. The highest BCUT2D eigenvalue weighted by atomic mass is 15.3. The predicted molar refractivity (Wildman–Crippen MR) is 69.1 cm³/mol. The van der Waals surface area contributed by atoms with Gasteiger partial charge >= 0.3 is 0 Å². The van der Waals surface area contributed by atoms with Crippen LogP contribution in [0.25, 0.3) is 11.5 Å². The van der Waals surface area contributed by atoms with Crippen molar-refractivity contribution in [2.45, 2.75) is 46.1 Å². The standard InChI is InChI=1S/C13H19N5/c1-3-10-4-5-11-16-17-13(18(11)7-6-10)12-9(2)14-8-15-12/h8,10H,3-7H2,1-2H3,(H,14,15). The predicted octanol–water partition coefficient (Wildman–Crippen LogP) is 2.34. The number of aromatic amines is 1. The van der Waals surface area contributed by atoms with Crippen molar-refractivity contribution in [1.82, 2.24) is 24.7 Å². The van der Waals surface area contributed by atoms with Gasteiger partial charge in [-0.25, -0.2) is 4.98 Å². The molecule has 3 rings (SSSR count). The van der Waals surface area contributed by atoms with E-state index >= 15 is 0 Å². The number of hydrogen-bond acceptors (Lipinski definition) is 3. The summed E-state index contributed by atoms with van der Waals surface area (Å²) in [5.74, 6) is 2.85. The molecule has 5 nitrogen and oxygen atoms in total. The summed E-state index contributed by atoms with van der Waals surface area (Å²) in [6.07, 6.45) is 6.47. The molecule has 2 aromatic rings. The van der Waals surface area contributed by atoms with Crippen LogP contribution in [-0.4, -0.2) is 24.7 Å². The Balaban J connectivity index is 1.96. The number of fused-ring (bicyclic) bond motifs is 1. The van der Waals surface area contributed by atoms with E-state index in [0.29, 0.717) is 0 Å². The first-order valence-corrected chi connectivity index (χ1v) is 6.72. The van der Waals surface area contributed by atoms with Gasteiger partial charge in [0, 0.05) is 18.7 Å². The van der Waals surface area contributed by atoms with Crippen molar-refractivity contribution in [2.24, 2.45) is 5.92 Å². The van der Waals surface area contributed by atoms with Crippen LogP contribution in [0.5, 0.6) is 0 Å². The summed E-state index contributed by atoms with van der Waals surface area (Å²) in [4.78, 5) is 7.46. The summed E-state index contributed by atoms with van der Waals surface area (Å²) in [5, 5.41) is 8.67. The smallest absolute Gasteiger partial charge is 0.184 e. The molecular weight excluding hydrogens is 226 g/mol. The van der Waals surface area contributed by atoms with Gasteiger partial charge in [-0.1, -0.05) is 13.3 Å². The lowest BCUT2D eigenvalue weighted by Gasteiger charge is -2.10. The molecule has 96 valence electrons. The van der Waals surface area contributed by atoms with Gasteiger partial charge < -0.3 is 9.55 Å². The van der Waals surface area contributed by atoms with Crippen molar-refractivity contribution in [1.29, 1.82) is 0 Å². The summed E-state index contributed by atoms with van der Waals surface area (Å²) in [6.45, 7) is 5.31. The SMILES string of the molecule is CCC1CCc2nnc(-c3nc[nH]c3C)n2CC1. The fourth-order valence-corrected chi connectivity index (χ4v) is 2.71. The van der Waals surface area contributed by atoms with Crippen LogP contribution in [0, 0.1) is 12.8 Å². The van der Waals surface area contributed by atoms with E-state index in [4.69, 9.17) is 0 Å². The summed E-state index contributed by atoms with van der Waals surface area (Å²) < 4.78 is 2.25.